The molecule has 2 heterocycles. The lowest BCUT2D eigenvalue weighted by molar-refractivity contribution is -0.137. The number of alkyl halides is 3. The Balaban J connectivity index is 2.07. The molecule has 0 saturated carbocycles. The van der Waals surface area contributed by atoms with Gasteiger partial charge in [0.15, 0.2) is 0 Å². The maximum atomic E-state index is 13.3. The molecule has 0 saturated heterocycles. The monoisotopic (exact) mass is 371 g/mol. The van der Waals surface area contributed by atoms with Gasteiger partial charge in [-0.05, 0) is 47.2 Å². The minimum atomic E-state index is -4.64. The third-order valence-corrected chi connectivity index (χ3v) is 4.33. The first kappa shape index (κ1) is 17.1. The van der Waals surface area contributed by atoms with Gasteiger partial charge in [0.25, 0.3) is 0 Å². The smallest absolute Gasteiger partial charge is 0.418 e. The Morgan fingerprint density at radius 3 is 2.67 bits per heavy atom. The number of halogens is 3. The highest BCUT2D eigenvalue weighted by atomic mass is 19.4. The molecule has 0 unspecified atom stereocenters. The average Bonchev–Trinajstić information content (AvgIpc) is 2.66. The van der Waals surface area contributed by atoms with Crippen LogP contribution in [0.5, 0.6) is 5.75 Å². The summed E-state index contributed by atoms with van der Waals surface area (Å²) in [5.41, 5.74) is -1.97. The molecule has 4 aromatic rings. The van der Waals surface area contributed by atoms with E-state index in [0.29, 0.717) is 16.5 Å². The lowest BCUT2D eigenvalue weighted by Crippen LogP contribution is -2.13. The van der Waals surface area contributed by atoms with Crippen molar-refractivity contribution < 1.29 is 22.3 Å². The van der Waals surface area contributed by atoms with Gasteiger partial charge in [0.1, 0.15) is 17.6 Å². The van der Waals surface area contributed by atoms with E-state index in [2.05, 4.69) is 4.98 Å². The van der Waals surface area contributed by atoms with Crippen LogP contribution in [0.1, 0.15) is 5.56 Å². The summed E-state index contributed by atoms with van der Waals surface area (Å²) >= 11 is 0. The van der Waals surface area contributed by atoms with Crippen molar-refractivity contribution >= 4 is 21.7 Å². The van der Waals surface area contributed by atoms with Crippen LogP contribution in [-0.4, -0.2) is 12.1 Å². The summed E-state index contributed by atoms with van der Waals surface area (Å²) in [7, 11) is 1.52. The summed E-state index contributed by atoms with van der Waals surface area (Å²) in [5.74, 6) is 0.603. The van der Waals surface area contributed by atoms with Gasteiger partial charge in [0.05, 0.1) is 29.3 Å². The van der Waals surface area contributed by atoms with E-state index in [1.807, 2.05) is 0 Å². The number of fused-ring (bicyclic) bond motifs is 3. The highest BCUT2D eigenvalue weighted by Gasteiger charge is 2.35. The molecule has 0 fully saturated rings. The van der Waals surface area contributed by atoms with Gasteiger partial charge >= 0.3 is 6.18 Å². The van der Waals surface area contributed by atoms with Crippen LogP contribution in [-0.2, 0) is 6.18 Å². The van der Waals surface area contributed by atoms with Gasteiger partial charge in [0, 0.05) is 6.20 Å². The number of methoxy groups -OCH3 is 1. The molecule has 0 N–H and O–H groups in total. The van der Waals surface area contributed by atoms with E-state index in [-0.39, 0.29) is 16.5 Å². The van der Waals surface area contributed by atoms with Crippen molar-refractivity contribution in [1.29, 1.82) is 0 Å². The Kier molecular flexibility index (Phi) is 3.87. The van der Waals surface area contributed by atoms with E-state index in [1.165, 1.54) is 19.4 Å². The molecule has 0 atom stereocenters. The molecule has 2 aromatic heterocycles. The zero-order chi connectivity index (χ0) is 19.2. The van der Waals surface area contributed by atoms with Gasteiger partial charge < -0.3 is 9.15 Å². The van der Waals surface area contributed by atoms with Crippen LogP contribution >= 0.6 is 0 Å². The van der Waals surface area contributed by atoms with E-state index < -0.39 is 22.9 Å². The van der Waals surface area contributed by atoms with Crippen molar-refractivity contribution in [3.05, 3.63) is 70.7 Å². The predicted octanol–water partition coefficient (Wildman–Crippen LogP) is 5.04. The number of aromatic nitrogens is 1. The average molecular weight is 371 g/mol. The minimum Gasteiger partial charge on any atom is -0.497 e. The van der Waals surface area contributed by atoms with Gasteiger partial charge in [-0.25, -0.2) is 0 Å². The van der Waals surface area contributed by atoms with Gasteiger partial charge in [0.2, 0.25) is 5.43 Å². The molecule has 136 valence electrons. The quantitative estimate of drug-likeness (QED) is 0.464. The van der Waals surface area contributed by atoms with Crippen LogP contribution in [0.4, 0.5) is 13.2 Å². The molecule has 0 radical (unpaired) electrons. The molecule has 4 nitrogen and oxygen atoms in total. The summed E-state index contributed by atoms with van der Waals surface area (Å²) in [4.78, 5) is 16.9. The minimum absolute atomic E-state index is 0.200. The van der Waals surface area contributed by atoms with Crippen LogP contribution in [0.25, 0.3) is 33.0 Å². The predicted molar refractivity (Wildman–Crippen MR) is 94.8 cm³/mol. The van der Waals surface area contributed by atoms with E-state index in [9.17, 15) is 18.0 Å². The lowest BCUT2D eigenvalue weighted by Gasteiger charge is -2.12. The molecular formula is C20H12F3NO3. The second-order valence-electron chi connectivity index (χ2n) is 5.90. The third kappa shape index (κ3) is 2.81. The van der Waals surface area contributed by atoms with Gasteiger partial charge in [-0.2, -0.15) is 13.2 Å². The molecule has 0 amide bonds. The van der Waals surface area contributed by atoms with Crippen molar-refractivity contribution in [2.24, 2.45) is 0 Å². The first-order chi connectivity index (χ1) is 12.9. The summed E-state index contributed by atoms with van der Waals surface area (Å²) in [6.07, 6.45) is -2.41. The number of benzene rings is 2. The molecule has 0 spiro atoms. The fourth-order valence-corrected chi connectivity index (χ4v) is 3.07. The van der Waals surface area contributed by atoms with Gasteiger partial charge in [-0.3, -0.25) is 9.78 Å². The molecule has 4 rings (SSSR count). The Labute approximate surface area is 150 Å². The van der Waals surface area contributed by atoms with Crippen molar-refractivity contribution in [2.75, 3.05) is 7.11 Å². The second kappa shape index (κ2) is 6.12. The Bertz CT molecular complexity index is 1230. The number of hydrogen-bond acceptors (Lipinski definition) is 4. The molecular weight excluding hydrogens is 359 g/mol. The summed E-state index contributed by atoms with van der Waals surface area (Å²) in [5, 5.41) is 1.48. The van der Waals surface area contributed by atoms with Crippen molar-refractivity contribution in [2.45, 2.75) is 6.18 Å². The maximum Gasteiger partial charge on any atom is 0.418 e. The Morgan fingerprint density at radius 2 is 1.93 bits per heavy atom. The molecule has 7 heteroatoms. The van der Waals surface area contributed by atoms with Crippen LogP contribution in [0.2, 0.25) is 0 Å². The first-order valence-electron chi connectivity index (χ1n) is 7.95. The highest BCUT2D eigenvalue weighted by molar-refractivity contribution is 6.06. The Morgan fingerprint density at radius 1 is 1.11 bits per heavy atom. The molecule has 0 aliphatic heterocycles. The largest absolute Gasteiger partial charge is 0.497 e. The van der Waals surface area contributed by atoms with E-state index >= 15 is 0 Å². The third-order valence-electron chi connectivity index (χ3n) is 4.33. The van der Waals surface area contributed by atoms with E-state index in [4.69, 9.17) is 9.15 Å². The second-order valence-corrected chi connectivity index (χ2v) is 5.90. The van der Waals surface area contributed by atoms with Crippen molar-refractivity contribution in [3.63, 3.8) is 0 Å². The number of rotatable bonds is 2. The lowest BCUT2D eigenvalue weighted by atomic mass is 10.0. The van der Waals surface area contributed by atoms with Gasteiger partial charge in [-0.15, -0.1) is 0 Å². The van der Waals surface area contributed by atoms with E-state index in [0.717, 1.165) is 12.3 Å². The zero-order valence-corrected chi connectivity index (χ0v) is 14.0. The molecule has 27 heavy (non-hydrogen) atoms. The summed E-state index contributed by atoms with van der Waals surface area (Å²) in [6, 6.07) is 10.5. The summed E-state index contributed by atoms with van der Waals surface area (Å²) < 4.78 is 50.6. The number of hydrogen-bond donors (Lipinski definition) is 0. The fourth-order valence-electron chi connectivity index (χ4n) is 3.07. The molecule has 0 aliphatic carbocycles. The van der Waals surface area contributed by atoms with Crippen LogP contribution in [0.3, 0.4) is 0 Å². The standard InChI is InChI=1S/C20H12F3NO3/c1-26-12-5-6-13-11(9-12)4-7-16-17(13)19(25)14(10-27-16)18-15(20(21,22)23)3-2-8-24-18/h2-10H,1H3. The van der Waals surface area contributed by atoms with Crippen LogP contribution in [0.15, 0.2) is 64.1 Å². The Hall–Kier alpha value is -3.35. The van der Waals surface area contributed by atoms with Gasteiger partial charge in [-0.1, -0.05) is 6.07 Å². The number of pyridine rings is 1. The highest BCUT2D eigenvalue weighted by Crippen LogP contribution is 2.35. The summed E-state index contributed by atoms with van der Waals surface area (Å²) in [6.45, 7) is 0. The van der Waals surface area contributed by atoms with Crippen LogP contribution < -0.4 is 10.2 Å². The topological polar surface area (TPSA) is 52.3 Å². The van der Waals surface area contributed by atoms with Crippen LogP contribution in [0, 0.1) is 0 Å². The molecule has 0 bridgehead atoms. The van der Waals surface area contributed by atoms with Crippen molar-refractivity contribution in [1.82, 2.24) is 4.98 Å². The van der Waals surface area contributed by atoms with Crippen molar-refractivity contribution in [3.8, 4) is 17.0 Å². The first-order valence-corrected chi connectivity index (χ1v) is 7.95. The number of nitrogens with zero attached hydrogens (tertiary/aromatic N) is 1. The fraction of sp³-hybridized carbons (Fsp3) is 0.100. The van der Waals surface area contributed by atoms with E-state index in [1.54, 1.807) is 30.3 Å². The SMILES string of the molecule is COc1ccc2c(ccc3occ(-c4ncccc4C(F)(F)F)c(=O)c32)c1. The molecule has 0 aliphatic rings. The maximum absolute atomic E-state index is 13.3. The number of ether oxygens (including phenoxy) is 1. The normalized spacial score (nSPS) is 11.9. The zero-order valence-electron chi connectivity index (χ0n) is 14.0. The molecule has 2 aromatic carbocycles.